The number of fused-ring (bicyclic) bond motifs is 1. The molecule has 190 valence electrons. The topological polar surface area (TPSA) is 97.5 Å². The molecular formula is C26H25ClF2N2O4S. The first kappa shape index (κ1) is 23.9. The van der Waals surface area contributed by atoms with Gasteiger partial charge in [-0.25, -0.2) is 17.2 Å². The van der Waals surface area contributed by atoms with E-state index in [1.54, 1.807) is 0 Å². The quantitative estimate of drug-likeness (QED) is 0.538. The maximum atomic E-state index is 15.2. The van der Waals surface area contributed by atoms with Gasteiger partial charge in [-0.05, 0) is 86.3 Å². The van der Waals surface area contributed by atoms with E-state index in [2.05, 4.69) is 0 Å². The van der Waals surface area contributed by atoms with Crippen LogP contribution in [-0.4, -0.2) is 42.0 Å². The van der Waals surface area contributed by atoms with Crippen LogP contribution in [0.1, 0.15) is 60.4 Å². The fourth-order valence-corrected chi connectivity index (χ4v) is 8.19. The van der Waals surface area contributed by atoms with E-state index in [1.807, 2.05) is 0 Å². The smallest absolute Gasteiger partial charge is 0.255 e. The molecule has 1 saturated heterocycles. The summed E-state index contributed by atoms with van der Waals surface area (Å²) in [7, 11) is -3.54. The van der Waals surface area contributed by atoms with Gasteiger partial charge in [0.05, 0.1) is 20.7 Å². The number of nitrogens with zero attached hydrogens (tertiary/aromatic N) is 1. The van der Waals surface area contributed by atoms with Gasteiger partial charge in [0, 0.05) is 11.5 Å². The molecule has 4 aliphatic rings. The Morgan fingerprint density at radius 3 is 2.44 bits per heavy atom. The lowest BCUT2D eigenvalue weighted by atomic mass is 9.82. The maximum absolute atomic E-state index is 15.2. The average molecular weight is 535 g/mol. The molecule has 10 heteroatoms. The van der Waals surface area contributed by atoms with Crippen molar-refractivity contribution in [3.63, 3.8) is 0 Å². The number of carbonyl (C=O) groups excluding carboxylic acids is 2. The fourth-order valence-electron chi connectivity index (χ4n) is 6.34. The summed E-state index contributed by atoms with van der Waals surface area (Å²) in [6.45, 7) is 0. The summed E-state index contributed by atoms with van der Waals surface area (Å²) in [5.74, 6) is -3.19. The van der Waals surface area contributed by atoms with Crippen LogP contribution < -0.4 is 5.73 Å². The second-order valence-electron chi connectivity index (χ2n) is 10.6. The number of amides is 2. The zero-order chi connectivity index (χ0) is 25.6. The summed E-state index contributed by atoms with van der Waals surface area (Å²) in [4.78, 5) is 28.0. The van der Waals surface area contributed by atoms with Crippen LogP contribution in [0.5, 0.6) is 0 Å². The van der Waals surface area contributed by atoms with Crippen LogP contribution in [0.4, 0.5) is 8.78 Å². The van der Waals surface area contributed by atoms with Gasteiger partial charge in [0.2, 0.25) is 5.91 Å². The van der Waals surface area contributed by atoms with E-state index in [0.29, 0.717) is 25.7 Å². The maximum Gasteiger partial charge on any atom is 0.255 e. The highest BCUT2D eigenvalue weighted by Crippen LogP contribution is 2.69. The van der Waals surface area contributed by atoms with Crippen LogP contribution in [0.25, 0.3) is 0 Å². The van der Waals surface area contributed by atoms with Crippen LogP contribution in [0, 0.1) is 23.5 Å². The van der Waals surface area contributed by atoms with Crippen molar-refractivity contribution in [2.45, 2.75) is 66.2 Å². The number of carbonyl (C=O) groups is 2. The van der Waals surface area contributed by atoms with Gasteiger partial charge in [-0.2, -0.15) is 0 Å². The molecule has 3 unspecified atom stereocenters. The Balaban J connectivity index is 1.44. The number of hydrogen-bond donors (Lipinski definition) is 1. The standard InChI is InChI=1S/C26H25ClF2N2O4S/c27-19-11-20(28)18(10-21(19)29)23(13-4-5-13)26-12-15(26)9-22(24(30)32)31(26)25(33)14-2-1-3-17(8-14)36(34,35)16-6-7-16/h1-3,8,10-11,13,15-16,22-23H,4-7,9,12H2,(H2,30,32)/t15?,22?,23-,26?/m1/s1. The molecule has 4 fully saturated rings. The predicted octanol–water partition coefficient (Wildman–Crippen LogP) is 4.21. The minimum absolute atomic E-state index is 0.0218. The Labute approximate surface area is 212 Å². The van der Waals surface area contributed by atoms with Crippen molar-refractivity contribution in [3.8, 4) is 0 Å². The van der Waals surface area contributed by atoms with E-state index in [4.69, 9.17) is 17.3 Å². The Morgan fingerprint density at radius 1 is 1.08 bits per heavy atom. The molecule has 0 radical (unpaired) electrons. The highest BCUT2D eigenvalue weighted by atomic mass is 35.5. The van der Waals surface area contributed by atoms with Gasteiger partial charge >= 0.3 is 0 Å². The molecule has 4 atom stereocenters. The molecule has 36 heavy (non-hydrogen) atoms. The molecule has 1 heterocycles. The van der Waals surface area contributed by atoms with Crippen molar-refractivity contribution in [1.82, 2.24) is 4.90 Å². The second kappa shape index (κ2) is 7.99. The van der Waals surface area contributed by atoms with Gasteiger partial charge in [0.1, 0.15) is 17.7 Å². The van der Waals surface area contributed by atoms with E-state index >= 15 is 4.39 Å². The first-order chi connectivity index (χ1) is 17.1. The summed E-state index contributed by atoms with van der Waals surface area (Å²) in [5, 5.41) is -0.757. The van der Waals surface area contributed by atoms with Crippen molar-refractivity contribution >= 4 is 33.3 Å². The number of hydrogen-bond acceptors (Lipinski definition) is 4. The van der Waals surface area contributed by atoms with Crippen molar-refractivity contribution in [1.29, 1.82) is 0 Å². The summed E-state index contributed by atoms with van der Waals surface area (Å²) >= 11 is 5.80. The molecular weight excluding hydrogens is 510 g/mol. The third kappa shape index (κ3) is 3.57. The highest BCUT2D eigenvalue weighted by molar-refractivity contribution is 7.92. The molecule has 0 spiro atoms. The normalized spacial score (nSPS) is 28.0. The number of sulfone groups is 1. The number of likely N-dealkylation sites (tertiary alicyclic amines) is 1. The lowest BCUT2D eigenvalue weighted by Crippen LogP contribution is -2.53. The Kier molecular flexibility index (Phi) is 5.29. The number of halogens is 3. The first-order valence-corrected chi connectivity index (χ1v) is 14.1. The Morgan fingerprint density at radius 2 is 1.81 bits per heavy atom. The molecule has 1 aliphatic heterocycles. The molecule has 6 rings (SSSR count). The van der Waals surface area contributed by atoms with E-state index in [0.717, 1.165) is 25.0 Å². The average Bonchev–Trinajstić information content (AvgIpc) is 3.71. The van der Waals surface area contributed by atoms with Crippen LogP contribution in [-0.2, 0) is 14.6 Å². The molecule has 2 N–H and O–H groups in total. The minimum Gasteiger partial charge on any atom is -0.368 e. The number of rotatable bonds is 7. The second-order valence-corrected chi connectivity index (χ2v) is 13.2. The van der Waals surface area contributed by atoms with Crippen molar-refractivity contribution in [3.05, 3.63) is 64.2 Å². The molecule has 0 aromatic heterocycles. The number of benzene rings is 2. The summed E-state index contributed by atoms with van der Waals surface area (Å²) in [5.41, 5.74) is 5.10. The van der Waals surface area contributed by atoms with Crippen molar-refractivity contribution in [2.75, 3.05) is 0 Å². The van der Waals surface area contributed by atoms with E-state index in [-0.39, 0.29) is 32.9 Å². The van der Waals surface area contributed by atoms with Crippen LogP contribution in [0.2, 0.25) is 5.02 Å². The van der Waals surface area contributed by atoms with E-state index in [9.17, 15) is 22.4 Å². The van der Waals surface area contributed by atoms with Gasteiger partial charge in [0.25, 0.3) is 5.91 Å². The van der Waals surface area contributed by atoms with Crippen molar-refractivity contribution < 1.29 is 26.8 Å². The molecule has 0 bridgehead atoms. The monoisotopic (exact) mass is 534 g/mol. The van der Waals surface area contributed by atoms with E-state index in [1.165, 1.54) is 29.2 Å². The molecule has 3 aliphatic carbocycles. The number of piperidine rings is 1. The summed E-state index contributed by atoms with van der Waals surface area (Å²) in [6.07, 6.45) is 3.64. The largest absolute Gasteiger partial charge is 0.368 e. The molecule has 3 saturated carbocycles. The molecule has 2 amide bonds. The van der Waals surface area contributed by atoms with Crippen LogP contribution >= 0.6 is 11.6 Å². The zero-order valence-corrected chi connectivity index (χ0v) is 20.9. The Hall–Kier alpha value is -2.52. The first-order valence-electron chi connectivity index (χ1n) is 12.2. The molecule has 6 nitrogen and oxygen atoms in total. The van der Waals surface area contributed by atoms with E-state index < -0.39 is 56.0 Å². The highest BCUT2D eigenvalue weighted by Gasteiger charge is 2.73. The summed E-state index contributed by atoms with van der Waals surface area (Å²) in [6, 6.07) is 7.00. The van der Waals surface area contributed by atoms with Crippen LogP contribution in [0.15, 0.2) is 41.3 Å². The Bertz CT molecular complexity index is 1410. The lowest BCUT2D eigenvalue weighted by molar-refractivity contribution is -0.122. The zero-order valence-electron chi connectivity index (χ0n) is 19.3. The fraction of sp³-hybridized carbons (Fsp3) is 0.462. The van der Waals surface area contributed by atoms with Gasteiger partial charge in [-0.3, -0.25) is 9.59 Å². The van der Waals surface area contributed by atoms with Gasteiger partial charge in [0.15, 0.2) is 9.84 Å². The predicted molar refractivity (Wildman–Crippen MR) is 128 cm³/mol. The number of primary amides is 1. The molecule has 2 aromatic rings. The van der Waals surface area contributed by atoms with Gasteiger partial charge < -0.3 is 10.6 Å². The SMILES string of the molecule is NC(=O)C1CC2CC2([C@@H](c2cc(F)c(Cl)cc2F)C2CC2)N1C(=O)c1cccc(S(=O)(=O)C2CC2)c1. The van der Waals surface area contributed by atoms with Gasteiger partial charge in [-0.1, -0.05) is 17.7 Å². The summed E-state index contributed by atoms with van der Waals surface area (Å²) < 4.78 is 55.2. The molecule has 2 aromatic carbocycles. The van der Waals surface area contributed by atoms with Crippen LogP contribution in [0.3, 0.4) is 0 Å². The third-order valence-corrected chi connectivity index (χ3v) is 10.9. The third-order valence-electron chi connectivity index (χ3n) is 8.31. The van der Waals surface area contributed by atoms with Gasteiger partial charge in [-0.15, -0.1) is 0 Å². The minimum atomic E-state index is -3.54. The van der Waals surface area contributed by atoms with Crippen molar-refractivity contribution in [2.24, 2.45) is 17.6 Å². The number of nitrogens with two attached hydrogens (primary N) is 1. The lowest BCUT2D eigenvalue weighted by Gasteiger charge is -2.39.